The van der Waals surface area contributed by atoms with Gasteiger partial charge in [-0.25, -0.2) is 23.7 Å². The number of phosphoric ester groups is 1. The molecule has 1 unspecified atom stereocenters. The van der Waals surface area contributed by atoms with E-state index in [4.69, 9.17) is 37.3 Å². The molecular weight excluding hydrogens is 847 g/mol. The largest absolute Gasteiger partial charge is 0.474 e. The molecule has 16 heteroatoms. The van der Waals surface area contributed by atoms with E-state index in [0.717, 1.165) is 0 Å². The summed E-state index contributed by atoms with van der Waals surface area (Å²) in [4.78, 5) is 75.3. The Hall–Kier alpha value is -5.05. The van der Waals surface area contributed by atoms with Gasteiger partial charge in [-0.2, -0.15) is 0 Å². The standard InChI is InChI=1S/C48H63O15P/c1-12-61-64(55,62-31-47(7,8)29-59-42(52)37-19-15-35(16-20-37)40(50)25-45(3,4)26-56-11)63-32-48(9,10)30-60-44(54)39-23-21-38(22-24-39)43(53)58-28-46(5,6)27-57-41(51)36-17-13-34(14-18-36)33(2)49/h13-24H,12,25-32H2,1-11H3. The lowest BCUT2D eigenvalue weighted by Crippen LogP contribution is -2.29. The molecule has 1 atom stereocenters. The molecule has 0 radical (unpaired) electrons. The molecule has 64 heavy (non-hydrogen) atoms. The monoisotopic (exact) mass is 910 g/mol. The highest BCUT2D eigenvalue weighted by Crippen LogP contribution is 2.51. The summed E-state index contributed by atoms with van der Waals surface area (Å²) in [6, 6.07) is 18.1. The quantitative estimate of drug-likeness (QED) is 0.0320. The average Bonchev–Trinajstić information content (AvgIpc) is 3.24. The Balaban J connectivity index is 1.44. The number of benzene rings is 3. The molecule has 3 aromatic rings. The summed E-state index contributed by atoms with van der Waals surface area (Å²) in [5.41, 5.74) is -0.843. The number of hydrogen-bond donors (Lipinski definition) is 0. The summed E-state index contributed by atoms with van der Waals surface area (Å²) in [5.74, 6) is -2.66. The van der Waals surface area contributed by atoms with Crippen LogP contribution in [-0.4, -0.2) is 95.4 Å². The van der Waals surface area contributed by atoms with Gasteiger partial charge in [0.15, 0.2) is 11.6 Å². The number of phosphoric acid groups is 1. The molecule has 3 rings (SSSR count). The highest BCUT2D eigenvalue weighted by molar-refractivity contribution is 7.48. The normalized spacial score (nSPS) is 13.0. The summed E-state index contributed by atoms with van der Waals surface area (Å²) >= 11 is 0. The van der Waals surface area contributed by atoms with Crippen molar-refractivity contribution in [3.63, 3.8) is 0 Å². The fourth-order valence-electron chi connectivity index (χ4n) is 5.63. The Labute approximate surface area is 376 Å². The number of carbonyl (C=O) groups is 6. The average molecular weight is 911 g/mol. The molecule has 3 aromatic carbocycles. The van der Waals surface area contributed by atoms with E-state index in [1.807, 2.05) is 13.8 Å². The molecule has 0 aliphatic carbocycles. The summed E-state index contributed by atoms with van der Waals surface area (Å²) < 4.78 is 57.4. The van der Waals surface area contributed by atoms with Crippen LogP contribution >= 0.6 is 7.82 Å². The summed E-state index contributed by atoms with van der Waals surface area (Å²) in [6.45, 7) is 17.3. The number of esters is 4. The smallest absolute Gasteiger partial charge is 0.461 e. The molecule has 0 fully saturated rings. The van der Waals surface area contributed by atoms with Gasteiger partial charge in [0, 0.05) is 40.9 Å². The molecule has 0 spiro atoms. The molecule has 0 amide bonds. The van der Waals surface area contributed by atoms with Gasteiger partial charge < -0.3 is 23.7 Å². The summed E-state index contributed by atoms with van der Waals surface area (Å²) in [7, 11) is -2.52. The van der Waals surface area contributed by atoms with Crippen LogP contribution in [0.1, 0.15) is 138 Å². The van der Waals surface area contributed by atoms with E-state index in [1.165, 1.54) is 55.5 Å². The highest BCUT2D eigenvalue weighted by Gasteiger charge is 2.35. The number of carbonyl (C=O) groups excluding carboxylic acids is 6. The van der Waals surface area contributed by atoms with Gasteiger partial charge in [0.05, 0.1) is 75.1 Å². The number of methoxy groups -OCH3 is 1. The van der Waals surface area contributed by atoms with Gasteiger partial charge in [0.25, 0.3) is 0 Å². The SMILES string of the molecule is CCOP(=O)(OCC(C)(C)COC(=O)c1ccc(C(=O)CC(C)(C)COC)cc1)OCC(C)(C)COC(=O)c1ccc(C(=O)OCC(C)(C)COC(=O)c2ccc(C(C)=O)cc2)cc1. The predicted molar refractivity (Wildman–Crippen MR) is 238 cm³/mol. The van der Waals surface area contributed by atoms with Crippen molar-refractivity contribution in [3.8, 4) is 0 Å². The van der Waals surface area contributed by atoms with Crippen LogP contribution in [0, 0.1) is 21.7 Å². The molecule has 0 saturated carbocycles. The van der Waals surface area contributed by atoms with Crippen molar-refractivity contribution >= 4 is 43.3 Å². The lowest BCUT2D eigenvalue weighted by atomic mass is 9.86. The maximum absolute atomic E-state index is 13.6. The third-order valence-corrected chi connectivity index (χ3v) is 10.9. The van der Waals surface area contributed by atoms with Crippen LogP contribution in [0.2, 0.25) is 0 Å². The van der Waals surface area contributed by atoms with E-state index >= 15 is 0 Å². The Morgan fingerprint density at radius 1 is 0.438 bits per heavy atom. The number of ketones is 2. The van der Waals surface area contributed by atoms with Gasteiger partial charge >= 0.3 is 31.7 Å². The van der Waals surface area contributed by atoms with Crippen LogP contribution in [0.25, 0.3) is 0 Å². The molecule has 0 aromatic heterocycles. The van der Waals surface area contributed by atoms with Gasteiger partial charge in [0.1, 0.15) is 0 Å². The zero-order valence-electron chi connectivity index (χ0n) is 38.9. The van der Waals surface area contributed by atoms with E-state index in [1.54, 1.807) is 79.8 Å². The molecule has 0 aliphatic rings. The second-order valence-corrected chi connectivity index (χ2v) is 20.4. The number of rotatable bonds is 26. The van der Waals surface area contributed by atoms with E-state index in [-0.39, 0.29) is 91.9 Å². The Morgan fingerprint density at radius 2 is 0.734 bits per heavy atom. The van der Waals surface area contributed by atoms with Crippen molar-refractivity contribution in [3.05, 3.63) is 106 Å². The maximum atomic E-state index is 13.6. The zero-order chi connectivity index (χ0) is 47.9. The lowest BCUT2D eigenvalue weighted by Gasteiger charge is -2.29. The van der Waals surface area contributed by atoms with E-state index in [9.17, 15) is 33.3 Å². The second kappa shape index (κ2) is 23.2. The van der Waals surface area contributed by atoms with Crippen molar-refractivity contribution in [2.75, 3.05) is 60.0 Å². The minimum Gasteiger partial charge on any atom is -0.461 e. The van der Waals surface area contributed by atoms with Gasteiger partial charge in [-0.05, 0) is 67.8 Å². The molecule has 15 nitrogen and oxygen atoms in total. The third kappa shape index (κ3) is 17.8. The lowest BCUT2D eigenvalue weighted by molar-refractivity contribution is 0.00436. The van der Waals surface area contributed by atoms with Crippen LogP contribution in [0.5, 0.6) is 0 Å². The van der Waals surface area contributed by atoms with Crippen molar-refractivity contribution < 1.29 is 70.6 Å². The Bertz CT molecular complexity index is 2120. The van der Waals surface area contributed by atoms with Crippen molar-refractivity contribution in [2.45, 2.75) is 75.7 Å². The third-order valence-electron chi connectivity index (χ3n) is 9.39. The fourth-order valence-corrected chi connectivity index (χ4v) is 7.19. The topological polar surface area (TPSA) is 193 Å². The zero-order valence-corrected chi connectivity index (χ0v) is 39.8. The molecular formula is C48H63O15P. The van der Waals surface area contributed by atoms with Crippen molar-refractivity contribution in [1.82, 2.24) is 0 Å². The predicted octanol–water partition coefficient (Wildman–Crippen LogP) is 9.42. The number of hydrogen-bond acceptors (Lipinski definition) is 15. The molecule has 0 heterocycles. The van der Waals surface area contributed by atoms with Gasteiger partial charge in [-0.1, -0.05) is 79.7 Å². The summed E-state index contributed by atoms with van der Waals surface area (Å²) in [5, 5.41) is 0. The first-order chi connectivity index (χ1) is 29.8. The first-order valence-corrected chi connectivity index (χ1v) is 22.3. The van der Waals surface area contributed by atoms with Gasteiger partial charge in [-0.3, -0.25) is 23.2 Å². The van der Waals surface area contributed by atoms with E-state index in [0.29, 0.717) is 17.7 Å². The van der Waals surface area contributed by atoms with Gasteiger partial charge in [-0.15, -0.1) is 0 Å². The fraction of sp³-hybridized carbons (Fsp3) is 0.500. The molecule has 0 aliphatic heterocycles. The Kier molecular flexibility index (Phi) is 19.3. The molecule has 0 bridgehead atoms. The first kappa shape index (κ1) is 53.3. The van der Waals surface area contributed by atoms with Crippen LogP contribution in [0.15, 0.2) is 72.8 Å². The second-order valence-electron chi connectivity index (χ2n) is 18.7. The van der Waals surface area contributed by atoms with Crippen LogP contribution in [0.3, 0.4) is 0 Å². The number of ether oxygens (including phenoxy) is 5. The molecule has 350 valence electrons. The first-order valence-electron chi connectivity index (χ1n) is 20.8. The maximum Gasteiger partial charge on any atom is 0.474 e. The van der Waals surface area contributed by atoms with E-state index < -0.39 is 47.9 Å². The van der Waals surface area contributed by atoms with Crippen molar-refractivity contribution in [1.29, 1.82) is 0 Å². The van der Waals surface area contributed by atoms with Gasteiger partial charge in [0.2, 0.25) is 0 Å². The van der Waals surface area contributed by atoms with Crippen LogP contribution < -0.4 is 0 Å². The minimum atomic E-state index is -4.11. The molecule has 0 N–H and O–H groups in total. The van der Waals surface area contributed by atoms with E-state index in [2.05, 4.69) is 0 Å². The molecule has 0 saturated heterocycles. The Morgan fingerprint density at radius 3 is 1.03 bits per heavy atom. The highest BCUT2D eigenvalue weighted by atomic mass is 31.2. The van der Waals surface area contributed by atoms with Crippen molar-refractivity contribution in [2.24, 2.45) is 21.7 Å². The van der Waals surface area contributed by atoms with Crippen LogP contribution in [0.4, 0.5) is 0 Å². The van der Waals surface area contributed by atoms with Crippen LogP contribution in [-0.2, 0) is 41.8 Å². The number of Topliss-reactive ketones (excluding diaryl/α,β-unsaturated/α-hetero) is 2. The summed E-state index contributed by atoms with van der Waals surface area (Å²) in [6.07, 6.45) is 0.285. The minimum absolute atomic E-state index is 0.0152.